The Bertz CT molecular complexity index is 912. The van der Waals surface area contributed by atoms with Gasteiger partial charge in [-0.15, -0.1) is 5.06 Å². The molecule has 0 N–H and O–H groups in total. The second kappa shape index (κ2) is 9.64. The number of benzene rings is 3. The summed E-state index contributed by atoms with van der Waals surface area (Å²) in [6, 6.07) is 19.3. The van der Waals surface area contributed by atoms with Gasteiger partial charge in [0.25, 0.3) is 0 Å². The molecule has 0 fully saturated rings. The normalized spacial score (nSPS) is 10.9. The quantitative estimate of drug-likeness (QED) is 0.373. The summed E-state index contributed by atoms with van der Waals surface area (Å²) < 4.78 is 0. The summed E-state index contributed by atoms with van der Waals surface area (Å²) in [5.74, 6) is -0.565. The summed E-state index contributed by atoms with van der Waals surface area (Å²) >= 11 is 23.9. The van der Waals surface area contributed by atoms with Crippen LogP contribution in [-0.2, 0) is 17.9 Å². The van der Waals surface area contributed by atoms with Crippen molar-refractivity contribution < 1.29 is 9.63 Å². The third-order valence-corrected chi connectivity index (χ3v) is 4.96. The molecule has 0 heterocycles. The predicted molar refractivity (Wildman–Crippen MR) is 114 cm³/mol. The van der Waals surface area contributed by atoms with Crippen molar-refractivity contribution in [2.45, 2.75) is 13.1 Å². The number of nitrogens with zero attached hydrogens (tertiary/aromatic N) is 1. The Morgan fingerprint density at radius 2 is 1.18 bits per heavy atom. The number of hydrogen-bond acceptors (Lipinski definition) is 3. The van der Waals surface area contributed by atoms with Crippen LogP contribution in [0.3, 0.4) is 0 Å². The molecule has 0 unspecified atom stereocenters. The molecular formula is C21H15Cl4NO2. The predicted octanol–water partition coefficient (Wildman–Crippen LogP) is 7.07. The van der Waals surface area contributed by atoms with E-state index in [-0.39, 0.29) is 10.6 Å². The van der Waals surface area contributed by atoms with Crippen LogP contribution in [0.1, 0.15) is 21.5 Å². The lowest BCUT2D eigenvalue weighted by molar-refractivity contribution is -0.123. The standard InChI is InChI=1S/C21H15Cl4NO2/c22-16-5-1-14(2-6-16)12-26(13-15-3-7-17(23)8-4-15)28-21(27)19-10-9-18(24)11-20(19)25/h1-11H,12-13H2. The van der Waals surface area contributed by atoms with Gasteiger partial charge in [0.1, 0.15) is 0 Å². The molecule has 0 saturated carbocycles. The zero-order valence-electron chi connectivity index (χ0n) is 14.5. The largest absolute Gasteiger partial charge is 0.363 e. The van der Waals surface area contributed by atoms with E-state index in [2.05, 4.69) is 0 Å². The first-order valence-corrected chi connectivity index (χ1v) is 9.83. The lowest BCUT2D eigenvalue weighted by atomic mass is 10.2. The lowest BCUT2D eigenvalue weighted by Gasteiger charge is -2.22. The summed E-state index contributed by atoms with van der Waals surface area (Å²) in [5, 5.41) is 3.51. The van der Waals surface area contributed by atoms with Gasteiger partial charge >= 0.3 is 5.97 Å². The molecule has 28 heavy (non-hydrogen) atoms. The highest BCUT2D eigenvalue weighted by atomic mass is 35.5. The maximum atomic E-state index is 12.6. The molecule has 0 spiro atoms. The van der Waals surface area contributed by atoms with Gasteiger partial charge < -0.3 is 4.84 Å². The van der Waals surface area contributed by atoms with Crippen LogP contribution in [0.2, 0.25) is 20.1 Å². The molecule has 0 bridgehead atoms. The van der Waals surface area contributed by atoms with Crippen LogP contribution < -0.4 is 0 Å². The fourth-order valence-corrected chi connectivity index (χ4v) is 3.27. The van der Waals surface area contributed by atoms with Gasteiger partial charge in [0, 0.05) is 15.1 Å². The summed E-state index contributed by atoms with van der Waals surface area (Å²) in [4.78, 5) is 18.3. The van der Waals surface area contributed by atoms with Crippen LogP contribution in [0.4, 0.5) is 0 Å². The van der Waals surface area contributed by atoms with E-state index in [9.17, 15) is 4.79 Å². The molecular weight excluding hydrogens is 440 g/mol. The van der Waals surface area contributed by atoms with E-state index in [0.717, 1.165) is 11.1 Å². The minimum Gasteiger partial charge on any atom is -0.363 e. The van der Waals surface area contributed by atoms with E-state index in [0.29, 0.717) is 28.2 Å². The Labute approximate surface area is 183 Å². The van der Waals surface area contributed by atoms with Gasteiger partial charge in [-0.25, -0.2) is 4.79 Å². The van der Waals surface area contributed by atoms with E-state index in [1.807, 2.05) is 24.3 Å². The van der Waals surface area contributed by atoms with Gasteiger partial charge in [0.15, 0.2) is 0 Å². The van der Waals surface area contributed by atoms with Gasteiger partial charge in [-0.2, -0.15) is 0 Å². The van der Waals surface area contributed by atoms with E-state index >= 15 is 0 Å². The molecule has 0 aliphatic rings. The van der Waals surface area contributed by atoms with Gasteiger partial charge in [0.2, 0.25) is 0 Å². The van der Waals surface area contributed by atoms with Crippen molar-refractivity contribution in [3.05, 3.63) is 104 Å². The van der Waals surface area contributed by atoms with Gasteiger partial charge in [-0.1, -0.05) is 70.7 Å². The molecule has 3 aromatic carbocycles. The molecule has 3 nitrogen and oxygen atoms in total. The fourth-order valence-electron chi connectivity index (χ4n) is 2.53. The average molecular weight is 455 g/mol. The van der Waals surface area contributed by atoms with E-state index < -0.39 is 5.97 Å². The number of hydroxylamine groups is 2. The topological polar surface area (TPSA) is 29.5 Å². The molecule has 0 amide bonds. The Morgan fingerprint density at radius 1 is 0.714 bits per heavy atom. The summed E-state index contributed by atoms with van der Waals surface area (Å²) in [6.07, 6.45) is 0. The maximum Gasteiger partial charge on any atom is 0.358 e. The smallest absolute Gasteiger partial charge is 0.358 e. The molecule has 144 valence electrons. The monoisotopic (exact) mass is 453 g/mol. The van der Waals surface area contributed by atoms with E-state index in [1.54, 1.807) is 35.4 Å². The molecule has 7 heteroatoms. The zero-order chi connectivity index (χ0) is 20.1. The molecule has 0 atom stereocenters. The second-order valence-corrected chi connectivity index (χ2v) is 7.77. The van der Waals surface area contributed by atoms with Gasteiger partial charge in [0.05, 0.1) is 23.7 Å². The SMILES string of the molecule is O=C(ON(Cc1ccc(Cl)cc1)Cc1ccc(Cl)cc1)c1ccc(Cl)cc1Cl. The Kier molecular flexibility index (Phi) is 7.22. The number of carbonyl (C=O) groups excluding carboxylic acids is 1. The van der Waals surface area contributed by atoms with Crippen molar-refractivity contribution in [1.29, 1.82) is 0 Å². The Morgan fingerprint density at radius 3 is 1.64 bits per heavy atom. The molecule has 3 aromatic rings. The molecule has 0 radical (unpaired) electrons. The van der Waals surface area contributed by atoms with Crippen LogP contribution in [0, 0.1) is 0 Å². The molecule has 0 aliphatic heterocycles. The first kappa shape index (κ1) is 21.0. The van der Waals surface area contributed by atoms with Crippen molar-refractivity contribution in [3.8, 4) is 0 Å². The Hall–Kier alpha value is -1.75. The number of halogens is 4. The Balaban J connectivity index is 1.80. The van der Waals surface area contributed by atoms with E-state index in [1.165, 1.54) is 12.1 Å². The maximum absolute atomic E-state index is 12.6. The second-order valence-electron chi connectivity index (χ2n) is 6.05. The first-order valence-electron chi connectivity index (χ1n) is 8.32. The third-order valence-electron chi connectivity index (χ3n) is 3.91. The summed E-state index contributed by atoms with van der Waals surface area (Å²) in [6.45, 7) is 0.744. The van der Waals surface area contributed by atoms with Crippen molar-refractivity contribution in [2.75, 3.05) is 0 Å². The molecule has 3 rings (SSSR count). The highest BCUT2D eigenvalue weighted by Gasteiger charge is 2.18. The molecule has 0 aromatic heterocycles. The number of carbonyl (C=O) groups is 1. The highest BCUT2D eigenvalue weighted by molar-refractivity contribution is 6.36. The minimum absolute atomic E-state index is 0.232. The number of rotatable bonds is 6. The van der Waals surface area contributed by atoms with Crippen molar-refractivity contribution >= 4 is 52.4 Å². The van der Waals surface area contributed by atoms with Crippen LogP contribution in [0.25, 0.3) is 0 Å². The van der Waals surface area contributed by atoms with Gasteiger partial charge in [-0.3, -0.25) is 0 Å². The van der Waals surface area contributed by atoms with Crippen molar-refractivity contribution in [2.24, 2.45) is 0 Å². The molecule has 0 saturated heterocycles. The van der Waals surface area contributed by atoms with Crippen LogP contribution in [0.5, 0.6) is 0 Å². The average Bonchev–Trinajstić information content (AvgIpc) is 2.65. The lowest BCUT2D eigenvalue weighted by Crippen LogP contribution is -2.27. The first-order chi connectivity index (χ1) is 13.4. The minimum atomic E-state index is -0.565. The van der Waals surface area contributed by atoms with Crippen molar-refractivity contribution in [1.82, 2.24) is 5.06 Å². The third kappa shape index (κ3) is 5.87. The summed E-state index contributed by atoms with van der Waals surface area (Å²) in [5.41, 5.74) is 2.12. The van der Waals surface area contributed by atoms with Crippen molar-refractivity contribution in [3.63, 3.8) is 0 Å². The van der Waals surface area contributed by atoms with Crippen LogP contribution in [0.15, 0.2) is 66.7 Å². The van der Waals surface area contributed by atoms with Crippen LogP contribution in [-0.4, -0.2) is 11.0 Å². The highest BCUT2D eigenvalue weighted by Crippen LogP contribution is 2.23. The van der Waals surface area contributed by atoms with Gasteiger partial charge in [-0.05, 0) is 53.6 Å². The van der Waals surface area contributed by atoms with Crippen LogP contribution >= 0.6 is 46.4 Å². The fraction of sp³-hybridized carbons (Fsp3) is 0.0952. The van der Waals surface area contributed by atoms with E-state index in [4.69, 9.17) is 51.2 Å². The molecule has 0 aliphatic carbocycles. The zero-order valence-corrected chi connectivity index (χ0v) is 17.6. The number of hydrogen-bond donors (Lipinski definition) is 0. The summed E-state index contributed by atoms with van der Waals surface area (Å²) in [7, 11) is 0.